The van der Waals surface area contributed by atoms with E-state index in [1.165, 1.54) is 24.1 Å². The number of anilines is 1. The molecule has 0 radical (unpaired) electrons. The number of rotatable bonds is 2. The number of nitrogens with two attached hydrogens (primary N) is 1. The molecule has 0 atom stereocenters. The smallest absolute Gasteiger partial charge is 0.0399 e. The fraction of sp³-hybridized carbons (Fsp3) is 0.538. The summed E-state index contributed by atoms with van der Waals surface area (Å²) in [5.41, 5.74) is 8.80. The van der Waals surface area contributed by atoms with E-state index in [0.29, 0.717) is 0 Å². The third kappa shape index (κ3) is 3.13. The van der Waals surface area contributed by atoms with E-state index in [1.807, 2.05) is 0 Å². The first-order chi connectivity index (χ1) is 7.06. The Morgan fingerprint density at radius 2 is 2.00 bits per heavy atom. The van der Waals surface area contributed by atoms with Gasteiger partial charge in [0.25, 0.3) is 0 Å². The molecule has 0 saturated heterocycles. The van der Waals surface area contributed by atoms with Crippen molar-refractivity contribution in [1.82, 2.24) is 0 Å². The molecule has 2 nitrogen and oxygen atoms in total. The van der Waals surface area contributed by atoms with E-state index in [0.717, 1.165) is 13.1 Å². The van der Waals surface area contributed by atoms with Crippen molar-refractivity contribution < 1.29 is 0 Å². The van der Waals surface area contributed by atoms with Crippen LogP contribution >= 0.6 is 12.4 Å². The van der Waals surface area contributed by atoms with Crippen LogP contribution in [0.25, 0.3) is 0 Å². The zero-order valence-electron chi connectivity index (χ0n) is 10.1. The van der Waals surface area contributed by atoms with Crippen LogP contribution in [0.2, 0.25) is 0 Å². The number of hydrogen-bond donors (Lipinski definition) is 1. The highest BCUT2D eigenvalue weighted by Gasteiger charge is 2.21. The molecular formula is C13H21ClN2. The maximum atomic E-state index is 6.08. The Kier molecular flexibility index (Phi) is 4.22. The van der Waals surface area contributed by atoms with Gasteiger partial charge in [0.05, 0.1) is 0 Å². The van der Waals surface area contributed by atoms with E-state index in [4.69, 9.17) is 5.73 Å². The summed E-state index contributed by atoms with van der Waals surface area (Å²) in [6, 6.07) is 8.67. The van der Waals surface area contributed by atoms with Crippen molar-refractivity contribution in [1.29, 1.82) is 0 Å². The van der Waals surface area contributed by atoms with Crippen LogP contribution in [-0.4, -0.2) is 18.6 Å². The summed E-state index contributed by atoms with van der Waals surface area (Å²) in [5, 5.41) is 0. The largest absolute Gasteiger partial charge is 0.369 e. The SMILES string of the molecule is CC(C)(N)CN1CCCc2ccccc21.Cl. The van der Waals surface area contributed by atoms with E-state index < -0.39 is 0 Å². The maximum absolute atomic E-state index is 6.08. The van der Waals surface area contributed by atoms with Crippen molar-refractivity contribution in [2.75, 3.05) is 18.0 Å². The number of benzene rings is 1. The predicted octanol–water partition coefficient (Wildman–Crippen LogP) is 2.60. The molecule has 0 bridgehead atoms. The van der Waals surface area contributed by atoms with E-state index >= 15 is 0 Å². The Bertz CT molecular complexity index is 344. The summed E-state index contributed by atoms with van der Waals surface area (Å²) >= 11 is 0. The van der Waals surface area contributed by atoms with E-state index in [9.17, 15) is 0 Å². The second-order valence-corrected chi connectivity index (χ2v) is 5.14. The van der Waals surface area contributed by atoms with E-state index in [1.54, 1.807) is 0 Å². The molecule has 3 heteroatoms. The average molecular weight is 241 g/mol. The van der Waals surface area contributed by atoms with Crippen LogP contribution in [-0.2, 0) is 6.42 Å². The minimum Gasteiger partial charge on any atom is -0.369 e. The minimum atomic E-state index is -0.121. The highest BCUT2D eigenvalue weighted by atomic mass is 35.5. The van der Waals surface area contributed by atoms with Gasteiger partial charge in [0.2, 0.25) is 0 Å². The summed E-state index contributed by atoms with van der Waals surface area (Å²) in [6.45, 7) is 6.25. The quantitative estimate of drug-likeness (QED) is 0.861. The molecule has 1 aromatic carbocycles. The number of halogens is 1. The van der Waals surface area contributed by atoms with E-state index in [2.05, 4.69) is 43.0 Å². The van der Waals surface area contributed by atoms with Gasteiger partial charge in [-0.25, -0.2) is 0 Å². The Balaban J connectivity index is 0.00000128. The summed E-state index contributed by atoms with van der Waals surface area (Å²) in [4.78, 5) is 2.42. The molecule has 1 aromatic rings. The van der Waals surface area contributed by atoms with Crippen LogP contribution in [0.4, 0.5) is 5.69 Å². The first-order valence-corrected chi connectivity index (χ1v) is 5.68. The molecule has 0 spiro atoms. The van der Waals surface area contributed by atoms with Gasteiger partial charge in [-0.3, -0.25) is 0 Å². The molecule has 90 valence electrons. The monoisotopic (exact) mass is 240 g/mol. The molecule has 0 fully saturated rings. The van der Waals surface area contributed by atoms with Gasteiger partial charge in [-0.2, -0.15) is 0 Å². The van der Waals surface area contributed by atoms with Crippen molar-refractivity contribution >= 4 is 18.1 Å². The average Bonchev–Trinajstić information content (AvgIpc) is 2.16. The molecule has 0 aliphatic carbocycles. The van der Waals surface area contributed by atoms with Gasteiger partial charge < -0.3 is 10.6 Å². The van der Waals surface area contributed by atoms with Crippen molar-refractivity contribution in [3.63, 3.8) is 0 Å². The highest BCUT2D eigenvalue weighted by Crippen LogP contribution is 2.27. The number of fused-ring (bicyclic) bond motifs is 1. The normalized spacial score (nSPS) is 15.3. The minimum absolute atomic E-state index is 0. The lowest BCUT2D eigenvalue weighted by molar-refractivity contribution is 0.495. The molecule has 16 heavy (non-hydrogen) atoms. The first-order valence-electron chi connectivity index (χ1n) is 5.68. The molecule has 0 aromatic heterocycles. The zero-order valence-corrected chi connectivity index (χ0v) is 10.9. The van der Waals surface area contributed by atoms with Crippen LogP contribution in [0, 0.1) is 0 Å². The first kappa shape index (κ1) is 13.3. The maximum Gasteiger partial charge on any atom is 0.0399 e. The van der Waals surface area contributed by atoms with Gasteiger partial charge in [0, 0.05) is 24.3 Å². The Morgan fingerprint density at radius 1 is 1.31 bits per heavy atom. The number of para-hydroxylation sites is 1. The molecule has 2 rings (SSSR count). The third-order valence-corrected chi connectivity index (χ3v) is 2.80. The van der Waals surface area contributed by atoms with Gasteiger partial charge in [-0.1, -0.05) is 18.2 Å². The van der Waals surface area contributed by atoms with E-state index in [-0.39, 0.29) is 17.9 Å². The van der Waals surface area contributed by atoms with Gasteiger partial charge in [-0.05, 0) is 38.3 Å². The molecule has 0 saturated carbocycles. The molecule has 0 unspecified atom stereocenters. The van der Waals surface area contributed by atoms with Crippen molar-refractivity contribution in [2.45, 2.75) is 32.2 Å². The summed E-state index contributed by atoms with van der Waals surface area (Å²) < 4.78 is 0. The highest BCUT2D eigenvalue weighted by molar-refractivity contribution is 5.85. The fourth-order valence-corrected chi connectivity index (χ4v) is 2.27. The molecule has 1 aliphatic rings. The third-order valence-electron chi connectivity index (χ3n) is 2.80. The molecule has 1 heterocycles. The van der Waals surface area contributed by atoms with Gasteiger partial charge in [-0.15, -0.1) is 12.4 Å². The molecule has 0 amide bonds. The topological polar surface area (TPSA) is 29.3 Å². The second-order valence-electron chi connectivity index (χ2n) is 5.14. The second kappa shape index (κ2) is 5.07. The molecule has 1 aliphatic heterocycles. The van der Waals surface area contributed by atoms with Gasteiger partial charge in [0.15, 0.2) is 0 Å². The van der Waals surface area contributed by atoms with Crippen LogP contribution in [0.5, 0.6) is 0 Å². The van der Waals surface area contributed by atoms with Crippen LogP contribution < -0.4 is 10.6 Å². The fourth-order valence-electron chi connectivity index (χ4n) is 2.27. The standard InChI is InChI=1S/C13H20N2.ClH/c1-13(2,14)10-15-9-5-7-11-6-3-4-8-12(11)15;/h3-4,6,8H,5,7,9-10,14H2,1-2H3;1H. The van der Waals surface area contributed by atoms with Crippen molar-refractivity contribution in [2.24, 2.45) is 5.73 Å². The summed E-state index contributed by atoms with van der Waals surface area (Å²) in [5.74, 6) is 0. The van der Waals surface area contributed by atoms with Crippen molar-refractivity contribution in [3.8, 4) is 0 Å². The summed E-state index contributed by atoms with van der Waals surface area (Å²) in [6.07, 6.45) is 2.45. The number of nitrogens with zero attached hydrogens (tertiary/aromatic N) is 1. The van der Waals surface area contributed by atoms with Crippen LogP contribution in [0.15, 0.2) is 24.3 Å². The Hall–Kier alpha value is -0.730. The van der Waals surface area contributed by atoms with Crippen LogP contribution in [0.3, 0.4) is 0 Å². The summed E-state index contributed by atoms with van der Waals surface area (Å²) in [7, 11) is 0. The molecule has 2 N–H and O–H groups in total. The molecular weight excluding hydrogens is 220 g/mol. The Labute approximate surface area is 104 Å². The van der Waals surface area contributed by atoms with Gasteiger partial charge in [0.1, 0.15) is 0 Å². The number of hydrogen-bond acceptors (Lipinski definition) is 2. The lowest BCUT2D eigenvalue weighted by Crippen LogP contribution is -2.47. The predicted molar refractivity (Wildman–Crippen MR) is 72.5 cm³/mol. The number of aryl methyl sites for hydroxylation is 1. The van der Waals surface area contributed by atoms with Crippen molar-refractivity contribution in [3.05, 3.63) is 29.8 Å². The van der Waals surface area contributed by atoms with Gasteiger partial charge >= 0.3 is 0 Å². The lowest BCUT2D eigenvalue weighted by Gasteiger charge is -2.35. The zero-order chi connectivity index (χ0) is 10.9. The van der Waals surface area contributed by atoms with Crippen LogP contribution in [0.1, 0.15) is 25.8 Å². The Morgan fingerprint density at radius 3 is 2.69 bits per heavy atom. The lowest BCUT2D eigenvalue weighted by atomic mass is 9.99.